The molecule has 8 heteroatoms. The zero-order chi connectivity index (χ0) is 23.5. The maximum atomic E-state index is 9.36. The van der Waals surface area contributed by atoms with Gasteiger partial charge >= 0.3 is 0 Å². The van der Waals surface area contributed by atoms with Crippen molar-refractivity contribution in [3.05, 3.63) is 78.6 Å². The quantitative estimate of drug-likeness (QED) is 0.432. The Hall–Kier alpha value is -4.17. The second kappa shape index (κ2) is 9.36. The SMILES string of the molecule is Cc1cc(Nc2ncnc3ccc(/N=C4\OC(CO)CN4C)cc23)ccc1Oc1ccccc1. The highest BCUT2D eigenvalue weighted by atomic mass is 16.5. The molecule has 3 aromatic carbocycles. The average Bonchev–Trinajstić information content (AvgIpc) is 3.21. The molecule has 1 aliphatic rings. The molecule has 1 fully saturated rings. The molecule has 34 heavy (non-hydrogen) atoms. The Morgan fingerprint density at radius 2 is 1.97 bits per heavy atom. The third kappa shape index (κ3) is 4.62. The molecule has 1 atom stereocenters. The summed E-state index contributed by atoms with van der Waals surface area (Å²) in [5, 5.41) is 13.6. The van der Waals surface area contributed by atoms with Crippen LogP contribution in [0.15, 0.2) is 78.0 Å². The van der Waals surface area contributed by atoms with Gasteiger partial charge in [-0.25, -0.2) is 9.97 Å². The van der Waals surface area contributed by atoms with Crippen LogP contribution in [-0.2, 0) is 4.74 Å². The molecule has 4 aromatic rings. The molecule has 1 saturated heterocycles. The highest BCUT2D eigenvalue weighted by Gasteiger charge is 2.26. The number of aromatic nitrogens is 2. The lowest BCUT2D eigenvalue weighted by Crippen LogP contribution is -2.21. The summed E-state index contributed by atoms with van der Waals surface area (Å²) >= 11 is 0. The summed E-state index contributed by atoms with van der Waals surface area (Å²) in [6, 6.07) is 21.8. The molecule has 1 unspecified atom stereocenters. The second-order valence-corrected chi connectivity index (χ2v) is 8.14. The Morgan fingerprint density at radius 1 is 1.12 bits per heavy atom. The normalized spacial score (nSPS) is 16.6. The highest BCUT2D eigenvalue weighted by molar-refractivity contribution is 5.93. The molecular formula is C26H25N5O3. The Balaban J connectivity index is 1.40. The van der Waals surface area contributed by atoms with Crippen LogP contribution in [-0.4, -0.2) is 52.3 Å². The minimum Gasteiger partial charge on any atom is -0.457 e. The lowest BCUT2D eigenvalue weighted by Gasteiger charge is -2.13. The van der Waals surface area contributed by atoms with E-state index in [-0.39, 0.29) is 12.7 Å². The van der Waals surface area contributed by atoms with Gasteiger partial charge in [0.05, 0.1) is 24.4 Å². The molecule has 0 bridgehead atoms. The molecule has 0 radical (unpaired) electrons. The first kappa shape index (κ1) is 21.7. The van der Waals surface area contributed by atoms with Crippen molar-refractivity contribution in [2.75, 3.05) is 25.5 Å². The van der Waals surface area contributed by atoms with Crippen LogP contribution in [0.1, 0.15) is 5.56 Å². The molecule has 2 heterocycles. The molecule has 0 amide bonds. The maximum absolute atomic E-state index is 9.36. The molecule has 0 aliphatic carbocycles. The van der Waals surface area contributed by atoms with E-state index in [2.05, 4.69) is 20.3 Å². The topological polar surface area (TPSA) is 92.1 Å². The van der Waals surface area contributed by atoms with Crippen molar-refractivity contribution in [2.45, 2.75) is 13.0 Å². The summed E-state index contributed by atoms with van der Waals surface area (Å²) in [6.45, 7) is 2.56. The van der Waals surface area contributed by atoms with Crippen LogP contribution in [0.3, 0.4) is 0 Å². The third-order valence-corrected chi connectivity index (χ3v) is 5.53. The predicted octanol–water partition coefficient (Wildman–Crippen LogP) is 4.78. The van der Waals surface area contributed by atoms with E-state index in [9.17, 15) is 5.11 Å². The lowest BCUT2D eigenvalue weighted by atomic mass is 10.1. The number of hydrogen-bond acceptors (Lipinski definition) is 7. The lowest BCUT2D eigenvalue weighted by molar-refractivity contribution is 0.132. The summed E-state index contributed by atoms with van der Waals surface area (Å²) in [5.74, 6) is 2.27. The van der Waals surface area contributed by atoms with E-state index in [1.165, 1.54) is 6.33 Å². The third-order valence-electron chi connectivity index (χ3n) is 5.53. The molecule has 1 aromatic heterocycles. The van der Waals surface area contributed by atoms with Crippen molar-refractivity contribution in [3.8, 4) is 11.5 Å². The first-order valence-corrected chi connectivity index (χ1v) is 11.0. The average molecular weight is 456 g/mol. The van der Waals surface area contributed by atoms with Gasteiger partial charge in [0.1, 0.15) is 29.7 Å². The van der Waals surface area contributed by atoms with E-state index in [4.69, 9.17) is 9.47 Å². The van der Waals surface area contributed by atoms with Gasteiger partial charge in [0.15, 0.2) is 0 Å². The van der Waals surface area contributed by atoms with Gasteiger partial charge in [-0.3, -0.25) is 0 Å². The zero-order valence-electron chi connectivity index (χ0n) is 19.0. The number of aryl methyl sites for hydroxylation is 1. The number of amidine groups is 1. The van der Waals surface area contributed by atoms with Gasteiger partial charge in [-0.05, 0) is 61.0 Å². The van der Waals surface area contributed by atoms with E-state index in [1.807, 2.05) is 85.6 Å². The van der Waals surface area contributed by atoms with Gasteiger partial charge in [0.25, 0.3) is 6.02 Å². The first-order chi connectivity index (χ1) is 16.6. The number of anilines is 2. The van der Waals surface area contributed by atoms with Crippen LogP contribution in [0.25, 0.3) is 10.9 Å². The number of aliphatic hydroxyl groups is 1. The minimum absolute atomic E-state index is 0.0441. The van der Waals surface area contributed by atoms with Gasteiger partial charge in [-0.2, -0.15) is 4.99 Å². The van der Waals surface area contributed by atoms with Crippen LogP contribution in [0.2, 0.25) is 0 Å². The van der Waals surface area contributed by atoms with E-state index in [0.717, 1.165) is 33.7 Å². The van der Waals surface area contributed by atoms with Gasteiger partial charge in [-0.15, -0.1) is 0 Å². The molecule has 0 spiro atoms. The number of nitrogens with zero attached hydrogens (tertiary/aromatic N) is 4. The number of ether oxygens (including phenoxy) is 2. The monoisotopic (exact) mass is 455 g/mol. The Morgan fingerprint density at radius 3 is 2.74 bits per heavy atom. The van der Waals surface area contributed by atoms with Crippen LogP contribution in [0.4, 0.5) is 17.2 Å². The Bertz CT molecular complexity index is 1340. The van der Waals surface area contributed by atoms with E-state index < -0.39 is 0 Å². The summed E-state index contributed by atoms with van der Waals surface area (Å²) in [6.07, 6.45) is 1.28. The predicted molar refractivity (Wildman–Crippen MR) is 132 cm³/mol. The summed E-state index contributed by atoms with van der Waals surface area (Å²) in [5.41, 5.74) is 3.41. The van der Waals surface area contributed by atoms with Crippen LogP contribution in [0.5, 0.6) is 11.5 Å². The first-order valence-electron chi connectivity index (χ1n) is 11.0. The molecule has 2 N–H and O–H groups in total. The number of likely N-dealkylation sites (N-methyl/N-ethyl adjacent to an activating group) is 1. The molecule has 8 nitrogen and oxygen atoms in total. The van der Waals surface area contributed by atoms with Crippen LogP contribution in [0, 0.1) is 6.92 Å². The molecule has 1 aliphatic heterocycles. The van der Waals surface area contributed by atoms with E-state index in [0.29, 0.717) is 24.1 Å². The van der Waals surface area contributed by atoms with Gasteiger partial charge < -0.3 is 24.8 Å². The Labute approximate surface area is 197 Å². The summed E-state index contributed by atoms with van der Waals surface area (Å²) in [4.78, 5) is 15.3. The summed E-state index contributed by atoms with van der Waals surface area (Å²) in [7, 11) is 1.89. The molecule has 5 rings (SSSR count). The second-order valence-electron chi connectivity index (χ2n) is 8.14. The maximum Gasteiger partial charge on any atom is 0.292 e. The number of aliphatic hydroxyl groups excluding tert-OH is 1. The molecular weight excluding hydrogens is 430 g/mol. The van der Waals surface area contributed by atoms with Crippen LogP contribution < -0.4 is 10.1 Å². The number of hydrogen-bond donors (Lipinski definition) is 2. The number of rotatable bonds is 6. The highest BCUT2D eigenvalue weighted by Crippen LogP contribution is 2.31. The van der Waals surface area contributed by atoms with Crippen molar-refractivity contribution in [1.29, 1.82) is 0 Å². The van der Waals surface area contributed by atoms with Gasteiger partial charge in [-0.1, -0.05) is 18.2 Å². The fourth-order valence-corrected chi connectivity index (χ4v) is 3.78. The zero-order valence-corrected chi connectivity index (χ0v) is 19.0. The molecule has 0 saturated carbocycles. The smallest absolute Gasteiger partial charge is 0.292 e. The molecule has 172 valence electrons. The van der Waals surface area contributed by atoms with Gasteiger partial charge in [0, 0.05) is 18.1 Å². The number of para-hydroxylation sites is 1. The Kier molecular flexibility index (Phi) is 5.97. The van der Waals surface area contributed by atoms with Crippen molar-refractivity contribution in [3.63, 3.8) is 0 Å². The van der Waals surface area contributed by atoms with E-state index >= 15 is 0 Å². The number of nitrogens with one attached hydrogen (secondary N) is 1. The van der Waals surface area contributed by atoms with Gasteiger partial charge in [0.2, 0.25) is 0 Å². The van der Waals surface area contributed by atoms with Crippen molar-refractivity contribution in [1.82, 2.24) is 14.9 Å². The van der Waals surface area contributed by atoms with Crippen LogP contribution >= 0.6 is 0 Å². The van der Waals surface area contributed by atoms with Crippen molar-refractivity contribution >= 4 is 34.1 Å². The number of benzene rings is 3. The minimum atomic E-state index is -0.262. The fourth-order valence-electron chi connectivity index (χ4n) is 3.78. The largest absolute Gasteiger partial charge is 0.457 e. The number of fused-ring (bicyclic) bond motifs is 1. The number of aliphatic imine (C=N–C) groups is 1. The standard InChI is InChI=1S/C26H25N5O3/c1-17-12-18(9-11-24(17)33-20-6-4-3-5-7-20)29-25-22-13-19(8-10-23(22)27-16-28-25)30-26-31(2)14-21(15-32)34-26/h3-13,16,21,32H,14-15H2,1-2H3,(H,27,28,29)/b30-26-. The fraction of sp³-hybridized carbons (Fsp3) is 0.192. The summed E-state index contributed by atoms with van der Waals surface area (Å²) < 4.78 is 11.7. The van der Waals surface area contributed by atoms with Crippen molar-refractivity contribution < 1.29 is 14.6 Å². The van der Waals surface area contributed by atoms with E-state index in [1.54, 1.807) is 0 Å². The van der Waals surface area contributed by atoms with Crippen molar-refractivity contribution in [2.24, 2.45) is 4.99 Å².